The summed E-state index contributed by atoms with van der Waals surface area (Å²) in [5, 5.41) is 3.15. The lowest BCUT2D eigenvalue weighted by Gasteiger charge is -2.22. The zero-order chi connectivity index (χ0) is 17.3. The molecule has 3 rings (SSSR count). The van der Waals surface area contributed by atoms with E-state index >= 15 is 0 Å². The lowest BCUT2D eigenvalue weighted by Crippen LogP contribution is -2.38. The number of nitrogens with one attached hydrogen (secondary N) is 1. The molecule has 3 nitrogen and oxygen atoms in total. The summed E-state index contributed by atoms with van der Waals surface area (Å²) in [4.78, 5) is 12.2. The van der Waals surface area contributed by atoms with Crippen molar-refractivity contribution in [3.8, 4) is 5.75 Å². The summed E-state index contributed by atoms with van der Waals surface area (Å²) in [6, 6.07) is 8.59. The Labute approximate surface area is 160 Å². The number of ether oxygens (including phenoxy) is 1. The summed E-state index contributed by atoms with van der Waals surface area (Å²) in [5.41, 5.74) is 1.35. The minimum atomic E-state index is 0.00745. The van der Waals surface area contributed by atoms with Crippen molar-refractivity contribution in [3.05, 3.63) is 29.8 Å². The Morgan fingerprint density at radius 1 is 0.960 bits per heavy atom. The highest BCUT2D eigenvalue weighted by Crippen LogP contribution is 2.43. The van der Waals surface area contributed by atoms with Gasteiger partial charge in [-0.1, -0.05) is 44.2 Å². The standard InChI is InChI=1S/C20H29NO2S2/c22-19(21-17-7-4-2-1-3-5-8-17)15-23-18-11-9-16(10-12-18)20-24-13-6-14-25-20/h9-12,17,20H,1-8,13-15H2,(H,21,22). The Balaban J connectivity index is 1.42. The number of hydrogen-bond donors (Lipinski definition) is 1. The van der Waals surface area contributed by atoms with Gasteiger partial charge in [-0.15, -0.1) is 23.5 Å². The van der Waals surface area contributed by atoms with Crippen molar-refractivity contribution in [1.82, 2.24) is 5.32 Å². The third kappa shape index (κ3) is 6.45. The average Bonchev–Trinajstić information content (AvgIpc) is 2.63. The van der Waals surface area contributed by atoms with Gasteiger partial charge in [0.1, 0.15) is 5.75 Å². The summed E-state index contributed by atoms with van der Waals surface area (Å²) < 4.78 is 6.23. The first-order valence-corrected chi connectivity index (χ1v) is 11.7. The van der Waals surface area contributed by atoms with Gasteiger partial charge in [-0.3, -0.25) is 4.79 Å². The van der Waals surface area contributed by atoms with Crippen molar-refractivity contribution in [2.24, 2.45) is 0 Å². The van der Waals surface area contributed by atoms with E-state index in [-0.39, 0.29) is 12.5 Å². The molecule has 0 atom stereocenters. The SMILES string of the molecule is O=C(COc1ccc(C2SCCCS2)cc1)NC1CCCCCCC1. The Bertz CT molecular complexity index is 521. The molecular formula is C20H29NO2S2. The normalized spacial score (nSPS) is 20.5. The van der Waals surface area contributed by atoms with E-state index in [1.165, 1.54) is 55.6 Å². The van der Waals surface area contributed by atoms with Crippen LogP contribution in [0.2, 0.25) is 0 Å². The van der Waals surface area contributed by atoms with Gasteiger partial charge in [0.2, 0.25) is 0 Å². The van der Waals surface area contributed by atoms with Gasteiger partial charge in [0.15, 0.2) is 6.61 Å². The first-order valence-electron chi connectivity index (χ1n) is 9.56. The zero-order valence-corrected chi connectivity index (χ0v) is 16.5. The van der Waals surface area contributed by atoms with Crippen LogP contribution in [0.1, 0.15) is 61.5 Å². The Morgan fingerprint density at radius 3 is 2.28 bits per heavy atom. The number of rotatable bonds is 5. The molecule has 1 aliphatic heterocycles. The number of hydrogen-bond acceptors (Lipinski definition) is 4. The average molecular weight is 380 g/mol. The molecule has 2 fully saturated rings. The molecule has 1 heterocycles. The summed E-state index contributed by atoms with van der Waals surface area (Å²) in [5.74, 6) is 3.28. The van der Waals surface area contributed by atoms with E-state index in [0.717, 1.165) is 18.6 Å². The van der Waals surface area contributed by atoms with Crippen molar-refractivity contribution in [2.75, 3.05) is 18.1 Å². The van der Waals surface area contributed by atoms with E-state index in [4.69, 9.17) is 4.74 Å². The summed E-state index contributed by atoms with van der Waals surface area (Å²) in [6.45, 7) is 0.114. The molecule has 0 radical (unpaired) electrons. The molecule has 1 aromatic carbocycles. The van der Waals surface area contributed by atoms with E-state index in [2.05, 4.69) is 17.4 Å². The van der Waals surface area contributed by atoms with Gasteiger partial charge in [-0.25, -0.2) is 0 Å². The summed E-state index contributed by atoms with van der Waals surface area (Å²) >= 11 is 4.04. The van der Waals surface area contributed by atoms with Crippen LogP contribution in [-0.2, 0) is 4.79 Å². The van der Waals surface area contributed by atoms with Crippen LogP contribution in [0.5, 0.6) is 5.75 Å². The predicted octanol–water partition coefficient (Wildman–Crippen LogP) is 5.16. The number of benzene rings is 1. The molecule has 25 heavy (non-hydrogen) atoms. The topological polar surface area (TPSA) is 38.3 Å². The van der Waals surface area contributed by atoms with Crippen LogP contribution >= 0.6 is 23.5 Å². The van der Waals surface area contributed by atoms with E-state index in [1.54, 1.807) is 0 Å². The quantitative estimate of drug-likeness (QED) is 0.766. The number of carbonyl (C=O) groups is 1. The Hall–Kier alpha value is -0.810. The molecule has 138 valence electrons. The second-order valence-electron chi connectivity index (χ2n) is 6.89. The molecule has 5 heteroatoms. The molecule has 1 saturated heterocycles. The number of amides is 1. The van der Waals surface area contributed by atoms with Gasteiger partial charge in [0.05, 0.1) is 4.58 Å². The van der Waals surface area contributed by atoms with E-state index in [1.807, 2.05) is 35.7 Å². The van der Waals surface area contributed by atoms with Crippen LogP contribution in [0, 0.1) is 0 Å². The highest BCUT2D eigenvalue weighted by atomic mass is 32.2. The smallest absolute Gasteiger partial charge is 0.258 e. The summed E-state index contributed by atoms with van der Waals surface area (Å²) in [7, 11) is 0. The maximum absolute atomic E-state index is 12.2. The zero-order valence-electron chi connectivity index (χ0n) is 14.9. The van der Waals surface area contributed by atoms with Gasteiger partial charge >= 0.3 is 0 Å². The fourth-order valence-electron chi connectivity index (χ4n) is 3.42. The van der Waals surface area contributed by atoms with Gasteiger partial charge in [-0.2, -0.15) is 0 Å². The van der Waals surface area contributed by atoms with Crippen molar-refractivity contribution in [1.29, 1.82) is 0 Å². The molecule has 0 bridgehead atoms. The molecule has 1 aliphatic carbocycles. The molecule has 0 unspecified atom stereocenters. The van der Waals surface area contributed by atoms with Gasteiger partial charge in [0.25, 0.3) is 5.91 Å². The maximum atomic E-state index is 12.2. The second kappa shape index (κ2) is 10.4. The van der Waals surface area contributed by atoms with E-state index in [0.29, 0.717) is 10.6 Å². The number of carbonyl (C=O) groups excluding carboxylic acids is 1. The van der Waals surface area contributed by atoms with E-state index < -0.39 is 0 Å². The molecular weight excluding hydrogens is 350 g/mol. The van der Waals surface area contributed by atoms with Gasteiger partial charge in [0, 0.05) is 6.04 Å². The van der Waals surface area contributed by atoms with Crippen molar-refractivity contribution in [2.45, 2.75) is 62.0 Å². The molecule has 0 aromatic heterocycles. The first-order chi connectivity index (χ1) is 12.3. The fourth-order valence-corrected chi connectivity index (χ4v) is 6.31. The largest absolute Gasteiger partial charge is 0.484 e. The molecule has 2 aliphatic rings. The van der Waals surface area contributed by atoms with Crippen LogP contribution in [-0.4, -0.2) is 30.1 Å². The minimum Gasteiger partial charge on any atom is -0.484 e. The maximum Gasteiger partial charge on any atom is 0.258 e. The predicted molar refractivity (Wildman–Crippen MR) is 108 cm³/mol. The fraction of sp³-hybridized carbons (Fsp3) is 0.650. The second-order valence-corrected chi connectivity index (χ2v) is 9.62. The number of thioether (sulfide) groups is 2. The van der Waals surface area contributed by atoms with Crippen molar-refractivity contribution in [3.63, 3.8) is 0 Å². The van der Waals surface area contributed by atoms with Crippen LogP contribution in [0.25, 0.3) is 0 Å². The monoisotopic (exact) mass is 379 g/mol. The molecule has 1 N–H and O–H groups in total. The lowest BCUT2D eigenvalue weighted by atomic mass is 9.97. The van der Waals surface area contributed by atoms with Crippen molar-refractivity contribution >= 4 is 29.4 Å². The van der Waals surface area contributed by atoms with Gasteiger partial charge in [-0.05, 0) is 48.5 Å². The Morgan fingerprint density at radius 2 is 1.60 bits per heavy atom. The summed E-state index contributed by atoms with van der Waals surface area (Å²) in [6.07, 6.45) is 9.92. The molecule has 1 amide bonds. The van der Waals surface area contributed by atoms with Crippen LogP contribution < -0.4 is 10.1 Å². The molecule has 1 aromatic rings. The van der Waals surface area contributed by atoms with Crippen LogP contribution in [0.3, 0.4) is 0 Å². The van der Waals surface area contributed by atoms with E-state index in [9.17, 15) is 4.79 Å². The van der Waals surface area contributed by atoms with Crippen LogP contribution in [0.4, 0.5) is 0 Å². The highest BCUT2D eigenvalue weighted by Gasteiger charge is 2.17. The molecule has 0 spiro atoms. The molecule has 1 saturated carbocycles. The highest BCUT2D eigenvalue weighted by molar-refractivity contribution is 8.16. The van der Waals surface area contributed by atoms with Gasteiger partial charge < -0.3 is 10.1 Å². The third-order valence-electron chi connectivity index (χ3n) is 4.82. The Kier molecular flexibility index (Phi) is 7.86. The van der Waals surface area contributed by atoms with Crippen molar-refractivity contribution < 1.29 is 9.53 Å². The first kappa shape index (κ1) is 19.0. The van der Waals surface area contributed by atoms with Crippen LogP contribution in [0.15, 0.2) is 24.3 Å². The third-order valence-corrected chi connectivity index (χ3v) is 7.83. The lowest BCUT2D eigenvalue weighted by molar-refractivity contribution is -0.123. The minimum absolute atomic E-state index is 0.00745.